The van der Waals surface area contributed by atoms with Crippen molar-refractivity contribution < 1.29 is 14.4 Å². The first-order valence-corrected chi connectivity index (χ1v) is 10.5. The van der Waals surface area contributed by atoms with Crippen molar-refractivity contribution in [3.8, 4) is 0 Å². The van der Waals surface area contributed by atoms with Crippen molar-refractivity contribution in [2.45, 2.75) is 78.1 Å². The van der Waals surface area contributed by atoms with E-state index in [1.807, 2.05) is 0 Å². The van der Waals surface area contributed by atoms with E-state index in [1.54, 1.807) is 10.5 Å². The zero-order valence-electron chi connectivity index (χ0n) is 16.6. The highest BCUT2D eigenvalue weighted by atomic mass is 16.7. The van der Waals surface area contributed by atoms with Crippen molar-refractivity contribution in [3.63, 3.8) is 0 Å². The summed E-state index contributed by atoms with van der Waals surface area (Å²) in [6, 6.07) is 0. The minimum absolute atomic E-state index is 0.0276. The summed E-state index contributed by atoms with van der Waals surface area (Å²) in [6.45, 7) is 11.3. The number of quaternary nitrogens is 1. The minimum atomic E-state index is 0.0276. The molecule has 3 rings (SSSR count). The molecule has 0 radical (unpaired) electrons. The van der Waals surface area contributed by atoms with Gasteiger partial charge in [0, 0.05) is 5.92 Å². The molecule has 1 N–H and O–H groups in total. The second-order valence-corrected chi connectivity index (χ2v) is 8.74. The first kappa shape index (κ1) is 19.1. The molecule has 142 valence electrons. The molecule has 2 fully saturated rings. The van der Waals surface area contributed by atoms with E-state index in [4.69, 9.17) is 9.47 Å². The van der Waals surface area contributed by atoms with Gasteiger partial charge >= 0.3 is 0 Å². The van der Waals surface area contributed by atoms with Crippen LogP contribution < -0.4 is 4.90 Å². The van der Waals surface area contributed by atoms with Crippen LogP contribution >= 0.6 is 0 Å². The van der Waals surface area contributed by atoms with Crippen LogP contribution in [-0.2, 0) is 9.47 Å². The Labute approximate surface area is 154 Å². The maximum atomic E-state index is 6.34. The Kier molecular flexibility index (Phi) is 7.15. The van der Waals surface area contributed by atoms with Crippen molar-refractivity contribution in [1.82, 2.24) is 0 Å². The number of hydrogen-bond donors (Lipinski definition) is 1. The Morgan fingerprint density at radius 1 is 1.24 bits per heavy atom. The number of ether oxygens (including phenoxy) is 2. The van der Waals surface area contributed by atoms with Gasteiger partial charge in [-0.3, -0.25) is 0 Å². The summed E-state index contributed by atoms with van der Waals surface area (Å²) in [4.78, 5) is 1.72. The number of likely N-dealkylation sites (tertiary alicyclic amines) is 1. The molecule has 0 amide bonds. The van der Waals surface area contributed by atoms with Gasteiger partial charge in [-0.25, -0.2) is 0 Å². The van der Waals surface area contributed by atoms with Crippen LogP contribution in [0.1, 0.15) is 65.7 Å². The van der Waals surface area contributed by atoms with Crippen LogP contribution in [0.5, 0.6) is 0 Å². The summed E-state index contributed by atoms with van der Waals surface area (Å²) in [6.07, 6.45) is 14.1. The Hall–Kier alpha value is -0.640. The second-order valence-electron chi connectivity index (χ2n) is 8.74. The summed E-state index contributed by atoms with van der Waals surface area (Å²) in [5.74, 6) is 1.20. The summed E-state index contributed by atoms with van der Waals surface area (Å²) in [5, 5.41) is 0. The van der Waals surface area contributed by atoms with Crippen molar-refractivity contribution >= 4 is 0 Å². The Bertz CT molecular complexity index is 474. The monoisotopic (exact) mass is 348 g/mol. The van der Waals surface area contributed by atoms with E-state index in [9.17, 15) is 0 Å². The quantitative estimate of drug-likeness (QED) is 0.742. The first-order valence-electron chi connectivity index (χ1n) is 10.5. The highest BCUT2D eigenvalue weighted by Crippen LogP contribution is 2.36. The average molecular weight is 349 g/mol. The molecule has 3 aliphatic rings. The largest absolute Gasteiger partial charge is 0.349 e. The molecule has 0 unspecified atom stereocenters. The molecule has 25 heavy (non-hydrogen) atoms. The maximum absolute atomic E-state index is 6.34. The lowest BCUT2D eigenvalue weighted by molar-refractivity contribution is -0.907. The topological polar surface area (TPSA) is 22.9 Å². The van der Waals surface area contributed by atoms with Crippen LogP contribution in [0.15, 0.2) is 23.3 Å². The van der Waals surface area contributed by atoms with Crippen molar-refractivity contribution in [2.75, 3.05) is 26.2 Å². The molecule has 0 aromatic heterocycles. The molecule has 0 aromatic rings. The van der Waals surface area contributed by atoms with Crippen LogP contribution in [0.2, 0.25) is 0 Å². The van der Waals surface area contributed by atoms with Crippen LogP contribution in [0.25, 0.3) is 0 Å². The van der Waals surface area contributed by atoms with Crippen LogP contribution in [0.3, 0.4) is 0 Å². The summed E-state index contributed by atoms with van der Waals surface area (Å²) < 4.78 is 12.4. The first-order chi connectivity index (χ1) is 12.1. The van der Waals surface area contributed by atoms with Gasteiger partial charge in [0.15, 0.2) is 6.29 Å². The van der Waals surface area contributed by atoms with E-state index in [2.05, 4.69) is 32.9 Å². The Morgan fingerprint density at radius 2 is 2.04 bits per heavy atom. The molecule has 4 atom stereocenters. The fourth-order valence-electron chi connectivity index (χ4n) is 4.69. The maximum Gasteiger partial charge on any atom is 0.161 e. The molecule has 2 heterocycles. The van der Waals surface area contributed by atoms with Crippen molar-refractivity contribution in [2.24, 2.45) is 11.8 Å². The van der Waals surface area contributed by atoms with Gasteiger partial charge in [0.1, 0.15) is 12.6 Å². The highest BCUT2D eigenvalue weighted by Gasteiger charge is 2.38. The molecular weight excluding hydrogens is 310 g/mol. The predicted molar refractivity (Wildman–Crippen MR) is 103 cm³/mol. The lowest BCUT2D eigenvalue weighted by atomic mass is 9.79. The van der Waals surface area contributed by atoms with Gasteiger partial charge in [0.05, 0.1) is 19.7 Å². The lowest BCUT2D eigenvalue weighted by Crippen LogP contribution is -3.13. The Morgan fingerprint density at radius 3 is 2.76 bits per heavy atom. The molecule has 0 bridgehead atoms. The number of rotatable bonds is 6. The highest BCUT2D eigenvalue weighted by molar-refractivity contribution is 5.10. The SMILES string of the molecule is CC(C)=CCCC1=CC[C@H]([C@@H]2OC[C@H](C[NH+]3CCCCC3)O2)[C@H](C)C1. The van der Waals surface area contributed by atoms with E-state index in [-0.39, 0.29) is 6.29 Å². The van der Waals surface area contributed by atoms with Gasteiger partial charge in [-0.05, 0) is 64.7 Å². The number of hydrogen-bond acceptors (Lipinski definition) is 2. The van der Waals surface area contributed by atoms with E-state index in [0.717, 1.165) is 19.6 Å². The lowest BCUT2D eigenvalue weighted by Gasteiger charge is -2.32. The molecule has 3 nitrogen and oxygen atoms in total. The van der Waals surface area contributed by atoms with Crippen molar-refractivity contribution in [1.29, 1.82) is 0 Å². The van der Waals surface area contributed by atoms with E-state index in [0.29, 0.717) is 17.9 Å². The van der Waals surface area contributed by atoms with Crippen LogP contribution in [0.4, 0.5) is 0 Å². The smallest absolute Gasteiger partial charge is 0.161 e. The molecule has 3 heteroatoms. The van der Waals surface area contributed by atoms with Crippen LogP contribution in [0, 0.1) is 11.8 Å². The second kappa shape index (κ2) is 9.34. The average Bonchev–Trinajstić information content (AvgIpc) is 3.04. The molecule has 2 saturated heterocycles. The molecular formula is C22H38NO2+. The van der Waals surface area contributed by atoms with E-state index in [1.165, 1.54) is 57.2 Å². The predicted octanol–water partition coefficient (Wildman–Crippen LogP) is 3.52. The molecule has 2 aliphatic heterocycles. The van der Waals surface area contributed by atoms with E-state index >= 15 is 0 Å². The van der Waals surface area contributed by atoms with Gasteiger partial charge in [-0.2, -0.15) is 0 Å². The van der Waals surface area contributed by atoms with Gasteiger partial charge in [0.2, 0.25) is 0 Å². The van der Waals surface area contributed by atoms with Gasteiger partial charge in [-0.1, -0.05) is 30.2 Å². The third kappa shape index (κ3) is 5.67. The number of allylic oxidation sites excluding steroid dienone is 4. The zero-order chi connectivity index (χ0) is 17.6. The summed E-state index contributed by atoms with van der Waals surface area (Å²) in [7, 11) is 0. The Balaban J connectivity index is 1.45. The van der Waals surface area contributed by atoms with Gasteiger partial charge in [-0.15, -0.1) is 0 Å². The van der Waals surface area contributed by atoms with Gasteiger partial charge < -0.3 is 14.4 Å². The third-order valence-corrected chi connectivity index (χ3v) is 6.21. The minimum Gasteiger partial charge on any atom is -0.349 e. The summed E-state index contributed by atoms with van der Waals surface area (Å²) >= 11 is 0. The third-order valence-electron chi connectivity index (χ3n) is 6.21. The number of nitrogens with one attached hydrogen (secondary N) is 1. The zero-order valence-corrected chi connectivity index (χ0v) is 16.6. The standard InChI is InChI=1S/C22H37NO2/c1-17(2)8-7-9-19-10-11-21(18(3)14-19)22-24-16-20(25-22)15-23-12-5-4-6-13-23/h8,10,18,20-22H,4-7,9,11-16H2,1-3H3/p+1/t18-,20+,21+,22-/m1/s1. The fourth-order valence-corrected chi connectivity index (χ4v) is 4.69. The van der Waals surface area contributed by atoms with Crippen molar-refractivity contribution in [3.05, 3.63) is 23.3 Å². The molecule has 0 aromatic carbocycles. The summed E-state index contributed by atoms with van der Waals surface area (Å²) in [5.41, 5.74) is 3.06. The normalized spacial score (nSPS) is 34.0. The fraction of sp³-hybridized carbons (Fsp3) is 0.818. The number of piperidine rings is 1. The molecule has 1 aliphatic carbocycles. The van der Waals surface area contributed by atoms with Gasteiger partial charge in [0.25, 0.3) is 0 Å². The molecule has 0 spiro atoms. The van der Waals surface area contributed by atoms with Crippen LogP contribution in [-0.4, -0.2) is 38.6 Å². The molecule has 0 saturated carbocycles. The van der Waals surface area contributed by atoms with E-state index < -0.39 is 0 Å².